The van der Waals surface area contributed by atoms with Crippen LogP contribution in [0.5, 0.6) is 0 Å². The number of aliphatic hydroxyl groups is 1. The number of carboxylic acids is 1. The summed E-state index contributed by atoms with van der Waals surface area (Å²) in [6.45, 7) is 1.34. The molecule has 2 rings (SSSR count). The molecular formula is C11H17N3O3S. The third-order valence-corrected chi connectivity index (χ3v) is 3.94. The highest BCUT2D eigenvalue weighted by Gasteiger charge is 2.33. The van der Waals surface area contributed by atoms with Gasteiger partial charge in [0, 0.05) is 19.1 Å². The largest absolute Gasteiger partial charge is 0.477 e. The SMILES string of the molecule is CN(C)CC1CC(O)CN1c1ncc(C(=O)O)s1. The van der Waals surface area contributed by atoms with Crippen LogP contribution < -0.4 is 4.90 Å². The molecule has 6 nitrogen and oxygen atoms in total. The highest BCUT2D eigenvalue weighted by molar-refractivity contribution is 7.17. The topological polar surface area (TPSA) is 76.9 Å². The van der Waals surface area contributed by atoms with Crippen molar-refractivity contribution in [3.05, 3.63) is 11.1 Å². The molecule has 1 aliphatic rings. The first-order chi connectivity index (χ1) is 8.47. The fourth-order valence-electron chi connectivity index (χ4n) is 2.22. The van der Waals surface area contributed by atoms with Gasteiger partial charge in [0.15, 0.2) is 5.13 Å². The third-order valence-electron chi connectivity index (χ3n) is 2.92. The van der Waals surface area contributed by atoms with Crippen LogP contribution >= 0.6 is 11.3 Å². The zero-order valence-electron chi connectivity index (χ0n) is 10.4. The molecule has 0 bridgehead atoms. The van der Waals surface area contributed by atoms with E-state index in [1.165, 1.54) is 6.20 Å². The lowest BCUT2D eigenvalue weighted by Gasteiger charge is -2.26. The molecule has 1 aromatic heterocycles. The molecule has 2 unspecified atom stereocenters. The van der Waals surface area contributed by atoms with Gasteiger partial charge in [0.25, 0.3) is 0 Å². The minimum absolute atomic E-state index is 0.183. The van der Waals surface area contributed by atoms with E-state index in [2.05, 4.69) is 9.88 Å². The van der Waals surface area contributed by atoms with E-state index >= 15 is 0 Å². The standard InChI is InChI=1S/C11H17N3O3S/c1-13(2)5-7-3-8(15)6-14(7)11-12-4-9(18-11)10(16)17/h4,7-8,15H,3,5-6H2,1-2H3,(H,16,17). The normalized spacial score (nSPS) is 23.9. The summed E-state index contributed by atoms with van der Waals surface area (Å²) in [6.07, 6.45) is 1.70. The lowest BCUT2D eigenvalue weighted by atomic mass is 10.2. The number of aromatic carboxylic acids is 1. The Morgan fingerprint density at radius 2 is 2.39 bits per heavy atom. The van der Waals surface area contributed by atoms with E-state index in [1.54, 1.807) is 0 Å². The van der Waals surface area contributed by atoms with Gasteiger partial charge in [-0.25, -0.2) is 9.78 Å². The number of hydrogen-bond donors (Lipinski definition) is 2. The van der Waals surface area contributed by atoms with Gasteiger partial charge >= 0.3 is 5.97 Å². The molecule has 1 aromatic rings. The van der Waals surface area contributed by atoms with Gasteiger partial charge in [-0.1, -0.05) is 11.3 Å². The molecular weight excluding hydrogens is 254 g/mol. The highest BCUT2D eigenvalue weighted by Crippen LogP contribution is 2.30. The van der Waals surface area contributed by atoms with Gasteiger partial charge < -0.3 is 20.0 Å². The van der Waals surface area contributed by atoms with Gasteiger partial charge in [0.1, 0.15) is 4.88 Å². The molecule has 0 amide bonds. The summed E-state index contributed by atoms with van der Waals surface area (Å²) >= 11 is 1.16. The fraction of sp³-hybridized carbons (Fsp3) is 0.636. The zero-order valence-corrected chi connectivity index (χ0v) is 11.2. The molecule has 1 aliphatic heterocycles. The molecule has 1 fully saturated rings. The van der Waals surface area contributed by atoms with Gasteiger partial charge in [-0.15, -0.1) is 0 Å². The zero-order chi connectivity index (χ0) is 13.3. The van der Waals surface area contributed by atoms with Gasteiger partial charge in [-0.2, -0.15) is 0 Å². The van der Waals surface area contributed by atoms with Crippen molar-refractivity contribution >= 4 is 22.4 Å². The Labute approximate surface area is 109 Å². The van der Waals surface area contributed by atoms with Gasteiger partial charge in [0.2, 0.25) is 0 Å². The van der Waals surface area contributed by atoms with E-state index in [-0.39, 0.29) is 17.0 Å². The Hall–Kier alpha value is -1.18. The summed E-state index contributed by atoms with van der Waals surface area (Å²) in [7, 11) is 3.96. The Morgan fingerprint density at radius 1 is 1.67 bits per heavy atom. The van der Waals surface area contributed by atoms with Crippen molar-refractivity contribution in [2.75, 3.05) is 32.1 Å². The van der Waals surface area contributed by atoms with Gasteiger partial charge in [-0.05, 0) is 20.5 Å². The van der Waals surface area contributed by atoms with Crippen LogP contribution in [0.25, 0.3) is 0 Å². The van der Waals surface area contributed by atoms with Crippen LogP contribution in [-0.2, 0) is 0 Å². The Morgan fingerprint density at radius 3 is 2.94 bits per heavy atom. The van der Waals surface area contributed by atoms with Crippen LogP contribution in [0, 0.1) is 0 Å². The molecule has 7 heteroatoms. The van der Waals surface area contributed by atoms with Crippen LogP contribution in [-0.4, -0.2) is 65.4 Å². The number of likely N-dealkylation sites (N-methyl/N-ethyl adjacent to an activating group) is 1. The maximum atomic E-state index is 10.8. The average Bonchev–Trinajstić information content (AvgIpc) is 2.83. The van der Waals surface area contributed by atoms with E-state index in [0.717, 1.165) is 17.9 Å². The Balaban J connectivity index is 2.16. The van der Waals surface area contributed by atoms with Crippen molar-refractivity contribution in [2.45, 2.75) is 18.6 Å². The quantitative estimate of drug-likeness (QED) is 0.822. The van der Waals surface area contributed by atoms with Crippen molar-refractivity contribution in [1.82, 2.24) is 9.88 Å². The number of nitrogens with zero attached hydrogens (tertiary/aromatic N) is 3. The van der Waals surface area contributed by atoms with Crippen molar-refractivity contribution < 1.29 is 15.0 Å². The Bertz CT molecular complexity index is 435. The summed E-state index contributed by atoms with van der Waals surface area (Å²) < 4.78 is 0. The molecule has 0 spiro atoms. The van der Waals surface area contributed by atoms with Crippen LogP contribution in [0.2, 0.25) is 0 Å². The minimum atomic E-state index is -0.956. The lowest BCUT2D eigenvalue weighted by Crippen LogP contribution is -2.37. The van der Waals surface area contributed by atoms with Crippen molar-refractivity contribution in [3.8, 4) is 0 Å². The van der Waals surface area contributed by atoms with Gasteiger partial charge in [0.05, 0.1) is 12.3 Å². The maximum Gasteiger partial charge on any atom is 0.347 e. The third kappa shape index (κ3) is 2.80. The summed E-state index contributed by atoms with van der Waals surface area (Å²) in [5, 5.41) is 19.3. The molecule has 2 atom stereocenters. The van der Waals surface area contributed by atoms with E-state index < -0.39 is 5.97 Å². The van der Waals surface area contributed by atoms with Crippen LogP contribution in [0.3, 0.4) is 0 Å². The number of carbonyl (C=O) groups is 1. The molecule has 0 saturated carbocycles. The van der Waals surface area contributed by atoms with E-state index in [4.69, 9.17) is 5.11 Å². The average molecular weight is 271 g/mol. The predicted octanol–water partition coefficient (Wildman–Crippen LogP) is 0.343. The number of β-amino-alcohol motifs (C(OH)–C–C–N with tert-alkyl or cyclic N) is 1. The molecule has 18 heavy (non-hydrogen) atoms. The molecule has 0 aliphatic carbocycles. The maximum absolute atomic E-state index is 10.8. The number of carboxylic acid groups (broad SMARTS) is 1. The minimum Gasteiger partial charge on any atom is -0.477 e. The number of rotatable bonds is 4. The predicted molar refractivity (Wildman–Crippen MR) is 69.4 cm³/mol. The smallest absolute Gasteiger partial charge is 0.347 e. The second-order valence-electron chi connectivity index (χ2n) is 4.77. The van der Waals surface area contributed by atoms with Crippen LogP contribution in [0.4, 0.5) is 5.13 Å². The first kappa shape index (κ1) is 13.3. The monoisotopic (exact) mass is 271 g/mol. The number of anilines is 1. The summed E-state index contributed by atoms with van der Waals surface area (Å²) in [5.74, 6) is -0.956. The van der Waals surface area contributed by atoms with Crippen molar-refractivity contribution in [1.29, 1.82) is 0 Å². The molecule has 2 heterocycles. The summed E-state index contributed by atoms with van der Waals surface area (Å²) in [5.41, 5.74) is 0. The highest BCUT2D eigenvalue weighted by atomic mass is 32.1. The molecule has 2 N–H and O–H groups in total. The molecule has 0 radical (unpaired) electrons. The number of aliphatic hydroxyl groups excluding tert-OH is 1. The second kappa shape index (κ2) is 5.21. The second-order valence-corrected chi connectivity index (χ2v) is 5.78. The van der Waals surface area contributed by atoms with Crippen molar-refractivity contribution in [3.63, 3.8) is 0 Å². The number of aromatic nitrogens is 1. The van der Waals surface area contributed by atoms with E-state index in [9.17, 15) is 9.90 Å². The molecule has 1 saturated heterocycles. The first-order valence-electron chi connectivity index (χ1n) is 5.76. The molecule has 100 valence electrons. The van der Waals surface area contributed by atoms with Crippen LogP contribution in [0.15, 0.2) is 6.20 Å². The summed E-state index contributed by atoms with van der Waals surface area (Å²) in [6, 6.07) is 0.183. The lowest BCUT2D eigenvalue weighted by molar-refractivity contribution is 0.0702. The molecule has 0 aromatic carbocycles. The number of hydrogen-bond acceptors (Lipinski definition) is 6. The Kier molecular flexibility index (Phi) is 3.84. The fourth-order valence-corrected chi connectivity index (χ4v) is 3.05. The summed E-state index contributed by atoms with van der Waals surface area (Å²) in [4.78, 5) is 19.3. The number of thiazole rings is 1. The van der Waals surface area contributed by atoms with E-state index in [1.807, 2.05) is 19.0 Å². The van der Waals surface area contributed by atoms with Crippen LogP contribution in [0.1, 0.15) is 16.1 Å². The van der Waals surface area contributed by atoms with E-state index in [0.29, 0.717) is 18.1 Å². The van der Waals surface area contributed by atoms with Gasteiger partial charge in [-0.3, -0.25) is 0 Å². The van der Waals surface area contributed by atoms with Crippen molar-refractivity contribution in [2.24, 2.45) is 0 Å². The first-order valence-corrected chi connectivity index (χ1v) is 6.57.